The van der Waals surface area contributed by atoms with Crippen molar-refractivity contribution in [3.8, 4) is 17.6 Å². The summed E-state index contributed by atoms with van der Waals surface area (Å²) in [6.07, 6.45) is 1.45. The summed E-state index contributed by atoms with van der Waals surface area (Å²) in [6.45, 7) is -0.197. The molecule has 8 heteroatoms. The first kappa shape index (κ1) is 23.4. The number of benzene rings is 3. The largest absolute Gasteiger partial charge is 0.495 e. The van der Waals surface area contributed by atoms with E-state index in [1.807, 2.05) is 6.07 Å². The van der Waals surface area contributed by atoms with E-state index in [-0.39, 0.29) is 18.1 Å². The molecular weight excluding hydrogens is 442 g/mol. The summed E-state index contributed by atoms with van der Waals surface area (Å²) in [5, 5.41) is 15.1. The van der Waals surface area contributed by atoms with Crippen molar-refractivity contribution in [3.63, 3.8) is 0 Å². The molecule has 0 aromatic heterocycles. The van der Waals surface area contributed by atoms with Crippen molar-refractivity contribution in [3.05, 3.63) is 89.0 Å². The quantitative estimate of drug-likeness (QED) is 0.366. The smallest absolute Gasteiger partial charge is 0.266 e. The molecule has 7 nitrogen and oxygen atoms in total. The predicted molar refractivity (Wildman–Crippen MR) is 127 cm³/mol. The molecule has 0 radical (unpaired) electrons. The average Bonchev–Trinajstić information content (AvgIpc) is 2.83. The van der Waals surface area contributed by atoms with Gasteiger partial charge in [0.2, 0.25) is 0 Å². The Morgan fingerprint density at radius 1 is 0.970 bits per heavy atom. The summed E-state index contributed by atoms with van der Waals surface area (Å²) < 4.78 is 10.7. The normalized spacial score (nSPS) is 10.6. The van der Waals surface area contributed by atoms with E-state index in [0.29, 0.717) is 33.5 Å². The number of methoxy groups -OCH3 is 1. The summed E-state index contributed by atoms with van der Waals surface area (Å²) in [6, 6.07) is 22.3. The second-order valence-corrected chi connectivity index (χ2v) is 7.12. The fourth-order valence-electron chi connectivity index (χ4n) is 2.81. The molecule has 0 saturated heterocycles. The maximum absolute atomic E-state index is 12.4. The number of rotatable bonds is 8. The van der Waals surface area contributed by atoms with Gasteiger partial charge in [-0.3, -0.25) is 9.59 Å². The Kier molecular flexibility index (Phi) is 8.06. The lowest BCUT2D eigenvalue weighted by atomic mass is 10.1. The van der Waals surface area contributed by atoms with Gasteiger partial charge >= 0.3 is 0 Å². The van der Waals surface area contributed by atoms with Crippen molar-refractivity contribution in [1.82, 2.24) is 0 Å². The van der Waals surface area contributed by atoms with Crippen LogP contribution >= 0.6 is 11.6 Å². The van der Waals surface area contributed by atoms with Crippen LogP contribution in [0, 0.1) is 11.3 Å². The minimum Gasteiger partial charge on any atom is -0.495 e. The molecule has 0 bridgehead atoms. The molecule has 0 fully saturated rings. The number of nitriles is 1. The Hall–Kier alpha value is -4.28. The Morgan fingerprint density at radius 2 is 1.64 bits per heavy atom. The zero-order valence-corrected chi connectivity index (χ0v) is 18.4. The molecule has 0 saturated carbocycles. The molecule has 33 heavy (non-hydrogen) atoms. The number of anilines is 2. The molecule has 0 atom stereocenters. The highest BCUT2D eigenvalue weighted by Crippen LogP contribution is 2.23. The number of nitrogens with one attached hydrogen (secondary N) is 2. The topological polar surface area (TPSA) is 100 Å². The van der Waals surface area contributed by atoms with Crippen LogP contribution in [0.15, 0.2) is 78.4 Å². The molecule has 2 amide bonds. The molecule has 166 valence electrons. The molecule has 2 N–H and O–H groups in total. The monoisotopic (exact) mass is 461 g/mol. The van der Waals surface area contributed by atoms with E-state index in [9.17, 15) is 14.9 Å². The van der Waals surface area contributed by atoms with E-state index in [4.69, 9.17) is 21.1 Å². The third-order valence-electron chi connectivity index (χ3n) is 4.43. The molecule has 0 aliphatic rings. The summed E-state index contributed by atoms with van der Waals surface area (Å²) in [5.74, 6) is 0.0978. The van der Waals surface area contributed by atoms with Crippen molar-refractivity contribution in [2.75, 3.05) is 24.4 Å². The number of para-hydroxylation sites is 3. The Bertz CT molecular complexity index is 1220. The van der Waals surface area contributed by atoms with Crippen molar-refractivity contribution in [2.24, 2.45) is 0 Å². The standard InChI is InChI=1S/C25H20ClN3O4/c1-32-23-9-5-4-8-22(23)28-24(30)16-33-19-12-10-17(11-13-19)14-18(15-27)25(31)29-21-7-3-2-6-20(21)26/h2-14H,16H2,1H3,(H,28,30)(H,29,31)/b18-14+. The number of hydrogen-bond donors (Lipinski definition) is 2. The highest BCUT2D eigenvalue weighted by Gasteiger charge is 2.12. The SMILES string of the molecule is COc1ccccc1NC(=O)COc1ccc(/C=C(\C#N)C(=O)Nc2ccccc2Cl)cc1. The van der Waals surface area contributed by atoms with E-state index >= 15 is 0 Å². The van der Waals surface area contributed by atoms with E-state index in [2.05, 4.69) is 10.6 Å². The fraction of sp³-hybridized carbons (Fsp3) is 0.0800. The van der Waals surface area contributed by atoms with E-state index in [1.54, 1.807) is 72.8 Å². The Balaban J connectivity index is 1.59. The van der Waals surface area contributed by atoms with Gasteiger partial charge in [-0.25, -0.2) is 0 Å². The summed E-state index contributed by atoms with van der Waals surface area (Å²) in [4.78, 5) is 24.6. The van der Waals surface area contributed by atoms with Gasteiger partial charge in [0, 0.05) is 0 Å². The van der Waals surface area contributed by atoms with Gasteiger partial charge < -0.3 is 20.1 Å². The van der Waals surface area contributed by atoms with Crippen molar-refractivity contribution in [1.29, 1.82) is 5.26 Å². The van der Waals surface area contributed by atoms with Crippen LogP contribution in [0.2, 0.25) is 5.02 Å². The average molecular weight is 462 g/mol. The van der Waals surface area contributed by atoms with Crippen molar-refractivity contribution in [2.45, 2.75) is 0 Å². The number of ether oxygens (including phenoxy) is 2. The number of carbonyl (C=O) groups is 2. The second kappa shape index (κ2) is 11.4. The third-order valence-corrected chi connectivity index (χ3v) is 4.76. The number of halogens is 1. The van der Waals surface area contributed by atoms with Crippen LogP contribution in [0.3, 0.4) is 0 Å². The first-order valence-electron chi connectivity index (χ1n) is 9.83. The van der Waals surface area contributed by atoms with Gasteiger partial charge in [0.15, 0.2) is 6.61 Å². The Labute approximate surface area is 196 Å². The summed E-state index contributed by atoms with van der Waals surface area (Å²) >= 11 is 6.04. The zero-order chi connectivity index (χ0) is 23.6. The highest BCUT2D eigenvalue weighted by molar-refractivity contribution is 6.34. The minimum atomic E-state index is -0.570. The van der Waals surface area contributed by atoms with Crippen LogP contribution in [-0.2, 0) is 9.59 Å². The minimum absolute atomic E-state index is 0.0835. The fourth-order valence-corrected chi connectivity index (χ4v) is 2.99. The van der Waals surface area contributed by atoms with Crippen molar-refractivity contribution >= 4 is 40.9 Å². The van der Waals surface area contributed by atoms with Crippen LogP contribution in [-0.4, -0.2) is 25.5 Å². The van der Waals surface area contributed by atoms with E-state index in [0.717, 1.165) is 0 Å². The maximum Gasteiger partial charge on any atom is 0.266 e. The molecule has 0 aliphatic heterocycles. The van der Waals surface area contributed by atoms with E-state index < -0.39 is 5.91 Å². The first-order valence-corrected chi connectivity index (χ1v) is 10.2. The second-order valence-electron chi connectivity index (χ2n) is 6.71. The predicted octanol–water partition coefficient (Wildman–Crippen LogP) is 4.91. The van der Waals surface area contributed by atoms with Crippen LogP contribution in [0.4, 0.5) is 11.4 Å². The molecule has 3 rings (SSSR count). The van der Waals surface area contributed by atoms with Crippen molar-refractivity contribution < 1.29 is 19.1 Å². The van der Waals surface area contributed by atoms with Gasteiger partial charge in [0.25, 0.3) is 11.8 Å². The number of nitrogens with zero attached hydrogens (tertiary/aromatic N) is 1. The van der Waals surface area contributed by atoms with Gasteiger partial charge in [-0.15, -0.1) is 0 Å². The molecule has 3 aromatic rings. The van der Waals surface area contributed by atoms with E-state index in [1.165, 1.54) is 13.2 Å². The molecule has 0 spiro atoms. The Morgan fingerprint density at radius 3 is 2.30 bits per heavy atom. The third kappa shape index (κ3) is 6.60. The number of amides is 2. The molecule has 0 unspecified atom stereocenters. The zero-order valence-electron chi connectivity index (χ0n) is 17.7. The molecule has 3 aromatic carbocycles. The summed E-state index contributed by atoms with van der Waals surface area (Å²) in [5.41, 5.74) is 1.50. The lowest BCUT2D eigenvalue weighted by molar-refractivity contribution is -0.118. The molecule has 0 aliphatic carbocycles. The van der Waals surface area contributed by atoms with Crippen LogP contribution in [0.25, 0.3) is 6.08 Å². The maximum atomic E-state index is 12.4. The molecular formula is C25H20ClN3O4. The lowest BCUT2D eigenvalue weighted by Gasteiger charge is -2.10. The van der Waals surface area contributed by atoms with Gasteiger partial charge in [-0.05, 0) is 48.0 Å². The lowest BCUT2D eigenvalue weighted by Crippen LogP contribution is -2.20. The van der Waals surface area contributed by atoms with Gasteiger partial charge in [-0.1, -0.05) is 48.0 Å². The van der Waals surface area contributed by atoms with Gasteiger partial charge in [-0.2, -0.15) is 5.26 Å². The number of hydrogen-bond acceptors (Lipinski definition) is 5. The van der Waals surface area contributed by atoms with Crippen LogP contribution in [0.1, 0.15) is 5.56 Å². The van der Waals surface area contributed by atoms with Gasteiger partial charge in [0.05, 0.1) is 23.5 Å². The first-order chi connectivity index (χ1) is 16.0. The van der Waals surface area contributed by atoms with Gasteiger partial charge in [0.1, 0.15) is 23.1 Å². The highest BCUT2D eigenvalue weighted by atomic mass is 35.5. The number of carbonyl (C=O) groups excluding carboxylic acids is 2. The van der Waals surface area contributed by atoms with Crippen LogP contribution in [0.5, 0.6) is 11.5 Å². The van der Waals surface area contributed by atoms with Crippen LogP contribution < -0.4 is 20.1 Å². The molecule has 0 heterocycles. The summed E-state index contributed by atoms with van der Waals surface area (Å²) in [7, 11) is 1.52.